The van der Waals surface area contributed by atoms with E-state index in [9.17, 15) is 13.2 Å². The van der Waals surface area contributed by atoms with Gasteiger partial charge in [0.05, 0.1) is 4.90 Å². The molecule has 0 saturated heterocycles. The lowest BCUT2D eigenvalue weighted by Crippen LogP contribution is -2.30. The van der Waals surface area contributed by atoms with Gasteiger partial charge in [-0.3, -0.25) is 4.79 Å². The van der Waals surface area contributed by atoms with Gasteiger partial charge in [0.15, 0.2) is 0 Å². The van der Waals surface area contributed by atoms with Crippen LogP contribution in [0, 0.1) is 0 Å². The normalized spacial score (nSPS) is 11.4. The second kappa shape index (κ2) is 9.53. The van der Waals surface area contributed by atoms with Crippen LogP contribution in [0.2, 0.25) is 0 Å². The van der Waals surface area contributed by atoms with Crippen LogP contribution in [0.25, 0.3) is 0 Å². The second-order valence-corrected chi connectivity index (χ2v) is 8.49. The van der Waals surface area contributed by atoms with Gasteiger partial charge in [0.1, 0.15) is 0 Å². The summed E-state index contributed by atoms with van der Waals surface area (Å²) in [5.74, 6) is -0.202. The molecule has 2 aromatic carbocycles. The minimum Gasteiger partial charge on any atom is -0.372 e. The molecule has 0 spiro atoms. The maximum Gasteiger partial charge on any atom is 0.251 e. The van der Waals surface area contributed by atoms with Gasteiger partial charge in [-0.25, -0.2) is 12.7 Å². The SMILES string of the molecule is CCN(CCCNC(=O)c1ccc(S(=O)(=O)N(C)C)cc1)c1ccccc1. The third kappa shape index (κ3) is 5.55. The zero-order valence-corrected chi connectivity index (χ0v) is 16.9. The number of nitrogens with one attached hydrogen (secondary N) is 1. The Morgan fingerprint density at radius 2 is 1.63 bits per heavy atom. The maximum absolute atomic E-state index is 12.2. The van der Waals surface area contributed by atoms with Crippen LogP contribution >= 0.6 is 0 Å². The van der Waals surface area contributed by atoms with Crippen molar-refractivity contribution in [3.05, 3.63) is 60.2 Å². The molecule has 146 valence electrons. The summed E-state index contributed by atoms with van der Waals surface area (Å²) >= 11 is 0. The molecule has 0 aromatic heterocycles. The Morgan fingerprint density at radius 3 is 2.19 bits per heavy atom. The Kier molecular flexibility index (Phi) is 7.38. The molecule has 0 unspecified atom stereocenters. The summed E-state index contributed by atoms with van der Waals surface area (Å²) < 4.78 is 25.3. The number of benzene rings is 2. The van der Waals surface area contributed by atoms with E-state index in [0.29, 0.717) is 12.1 Å². The van der Waals surface area contributed by atoms with Gasteiger partial charge in [0.25, 0.3) is 5.91 Å². The van der Waals surface area contributed by atoms with Crippen LogP contribution in [-0.4, -0.2) is 52.4 Å². The van der Waals surface area contributed by atoms with Crippen molar-refractivity contribution in [3.63, 3.8) is 0 Å². The van der Waals surface area contributed by atoms with Gasteiger partial charge in [-0.2, -0.15) is 0 Å². The molecule has 2 rings (SSSR count). The zero-order valence-electron chi connectivity index (χ0n) is 16.1. The molecular formula is C20H27N3O3S. The van der Waals surface area contributed by atoms with E-state index in [1.165, 1.54) is 44.0 Å². The Hall–Kier alpha value is -2.38. The number of carbonyl (C=O) groups is 1. The quantitative estimate of drug-likeness (QED) is 0.669. The number of hydrogen-bond acceptors (Lipinski definition) is 4. The van der Waals surface area contributed by atoms with Crippen LogP contribution < -0.4 is 10.2 Å². The minimum absolute atomic E-state index is 0.172. The molecule has 2 aromatic rings. The second-order valence-electron chi connectivity index (χ2n) is 6.34. The number of hydrogen-bond donors (Lipinski definition) is 1. The molecule has 0 aliphatic carbocycles. The van der Waals surface area contributed by atoms with Gasteiger partial charge in [0.2, 0.25) is 10.0 Å². The van der Waals surface area contributed by atoms with E-state index in [1.54, 1.807) is 0 Å². The average molecular weight is 390 g/mol. The standard InChI is InChI=1S/C20H27N3O3S/c1-4-23(18-9-6-5-7-10-18)16-8-15-21-20(24)17-11-13-19(14-12-17)27(25,26)22(2)3/h5-7,9-14H,4,8,15-16H2,1-3H3,(H,21,24). The lowest BCUT2D eigenvalue weighted by Gasteiger charge is -2.23. The first-order valence-corrected chi connectivity index (χ1v) is 10.4. The van der Waals surface area contributed by atoms with Crippen molar-refractivity contribution in [3.8, 4) is 0 Å². The van der Waals surface area contributed by atoms with Crippen LogP contribution in [-0.2, 0) is 10.0 Å². The molecule has 27 heavy (non-hydrogen) atoms. The summed E-state index contributed by atoms with van der Waals surface area (Å²) in [5, 5.41) is 2.89. The van der Waals surface area contributed by atoms with Crippen molar-refractivity contribution in [1.82, 2.24) is 9.62 Å². The molecule has 0 aliphatic heterocycles. The summed E-state index contributed by atoms with van der Waals surface area (Å²) in [5.41, 5.74) is 1.62. The van der Waals surface area contributed by atoms with Crippen LogP contribution in [0.5, 0.6) is 0 Å². The summed E-state index contributed by atoms with van der Waals surface area (Å²) in [6, 6.07) is 16.2. The highest BCUT2D eigenvalue weighted by atomic mass is 32.2. The van der Waals surface area contributed by atoms with E-state index in [0.717, 1.165) is 23.8 Å². The number of para-hydroxylation sites is 1. The van der Waals surface area contributed by atoms with Gasteiger partial charge in [-0.05, 0) is 49.7 Å². The minimum atomic E-state index is -3.48. The first kappa shape index (κ1) is 20.9. The lowest BCUT2D eigenvalue weighted by atomic mass is 10.2. The number of amides is 1. The fourth-order valence-corrected chi connectivity index (χ4v) is 3.57. The Labute approximate surface area is 161 Å². The fourth-order valence-electron chi connectivity index (χ4n) is 2.67. The van der Waals surface area contributed by atoms with Gasteiger partial charge in [-0.1, -0.05) is 18.2 Å². The Morgan fingerprint density at radius 1 is 1.00 bits per heavy atom. The molecule has 7 heteroatoms. The lowest BCUT2D eigenvalue weighted by molar-refractivity contribution is 0.0953. The summed E-state index contributed by atoms with van der Waals surface area (Å²) in [6.45, 7) is 4.41. The predicted octanol–water partition coefficient (Wildman–Crippen LogP) is 2.58. The zero-order chi connectivity index (χ0) is 19.9. The molecule has 0 bridgehead atoms. The molecular weight excluding hydrogens is 362 g/mol. The van der Waals surface area contributed by atoms with E-state index in [-0.39, 0.29) is 10.8 Å². The van der Waals surface area contributed by atoms with Crippen LogP contribution in [0.4, 0.5) is 5.69 Å². The largest absolute Gasteiger partial charge is 0.372 e. The number of carbonyl (C=O) groups excluding carboxylic acids is 1. The molecule has 0 atom stereocenters. The molecule has 0 saturated carbocycles. The molecule has 0 radical (unpaired) electrons. The van der Waals surface area contributed by atoms with Crippen molar-refractivity contribution in [2.24, 2.45) is 0 Å². The molecule has 0 aliphatic rings. The molecule has 1 N–H and O–H groups in total. The maximum atomic E-state index is 12.2. The topological polar surface area (TPSA) is 69.7 Å². The van der Waals surface area contributed by atoms with Crippen molar-refractivity contribution >= 4 is 21.6 Å². The first-order valence-electron chi connectivity index (χ1n) is 8.97. The smallest absolute Gasteiger partial charge is 0.251 e. The van der Waals surface area contributed by atoms with E-state index in [4.69, 9.17) is 0 Å². The molecule has 0 fully saturated rings. The van der Waals surface area contributed by atoms with Crippen LogP contribution in [0.3, 0.4) is 0 Å². The van der Waals surface area contributed by atoms with Gasteiger partial charge >= 0.3 is 0 Å². The highest BCUT2D eigenvalue weighted by Gasteiger charge is 2.17. The predicted molar refractivity (Wildman–Crippen MR) is 109 cm³/mol. The third-order valence-corrected chi connectivity index (χ3v) is 6.12. The van der Waals surface area contributed by atoms with Crippen LogP contribution in [0.1, 0.15) is 23.7 Å². The van der Waals surface area contributed by atoms with Crippen molar-refractivity contribution in [1.29, 1.82) is 0 Å². The van der Waals surface area contributed by atoms with Crippen molar-refractivity contribution in [2.75, 3.05) is 38.6 Å². The van der Waals surface area contributed by atoms with Gasteiger partial charge in [-0.15, -0.1) is 0 Å². The van der Waals surface area contributed by atoms with Gasteiger partial charge < -0.3 is 10.2 Å². The average Bonchev–Trinajstić information content (AvgIpc) is 2.68. The first-order chi connectivity index (χ1) is 12.9. The summed E-state index contributed by atoms with van der Waals surface area (Å²) in [7, 11) is -0.529. The number of nitrogens with zero attached hydrogens (tertiary/aromatic N) is 2. The van der Waals surface area contributed by atoms with E-state index in [1.807, 2.05) is 18.2 Å². The molecule has 0 heterocycles. The Bertz CT molecular complexity index is 835. The van der Waals surface area contributed by atoms with E-state index in [2.05, 4.69) is 29.3 Å². The van der Waals surface area contributed by atoms with Crippen molar-refractivity contribution in [2.45, 2.75) is 18.2 Å². The summed E-state index contributed by atoms with van der Waals surface area (Å²) in [4.78, 5) is 14.7. The van der Waals surface area contributed by atoms with E-state index < -0.39 is 10.0 Å². The number of anilines is 1. The van der Waals surface area contributed by atoms with Crippen LogP contribution in [0.15, 0.2) is 59.5 Å². The molecule has 6 nitrogen and oxygen atoms in total. The number of rotatable bonds is 9. The molecule has 1 amide bonds. The Balaban J connectivity index is 1.85. The van der Waals surface area contributed by atoms with Gasteiger partial charge in [0, 0.05) is 45.0 Å². The monoisotopic (exact) mass is 389 g/mol. The third-order valence-electron chi connectivity index (χ3n) is 4.29. The highest BCUT2D eigenvalue weighted by Crippen LogP contribution is 2.14. The number of sulfonamides is 1. The van der Waals surface area contributed by atoms with E-state index >= 15 is 0 Å². The van der Waals surface area contributed by atoms with Crippen molar-refractivity contribution < 1.29 is 13.2 Å². The summed E-state index contributed by atoms with van der Waals surface area (Å²) in [6.07, 6.45) is 0.821. The fraction of sp³-hybridized carbons (Fsp3) is 0.350. The highest BCUT2D eigenvalue weighted by molar-refractivity contribution is 7.89.